The van der Waals surface area contributed by atoms with E-state index in [1.54, 1.807) is 11.5 Å². The van der Waals surface area contributed by atoms with Crippen molar-refractivity contribution in [1.82, 2.24) is 9.47 Å². The Labute approximate surface area is 164 Å². The van der Waals surface area contributed by atoms with Crippen LogP contribution in [-0.2, 0) is 6.42 Å². The highest BCUT2D eigenvalue weighted by Gasteiger charge is 2.30. The number of amides is 1. The van der Waals surface area contributed by atoms with E-state index in [9.17, 15) is 10.1 Å². The summed E-state index contributed by atoms with van der Waals surface area (Å²) in [4.78, 5) is 15.0. The van der Waals surface area contributed by atoms with Gasteiger partial charge in [0.15, 0.2) is 0 Å². The lowest BCUT2D eigenvalue weighted by Gasteiger charge is -2.32. The normalized spacial score (nSPS) is 14.8. The van der Waals surface area contributed by atoms with Crippen molar-refractivity contribution < 1.29 is 9.21 Å². The zero-order valence-corrected chi connectivity index (χ0v) is 16.0. The Balaban J connectivity index is 1.48. The molecule has 0 atom stereocenters. The molecular formula is C23H23N3O2. The number of likely N-dealkylation sites (tertiary alicyclic amines) is 1. The van der Waals surface area contributed by atoms with E-state index in [4.69, 9.17) is 4.42 Å². The molecule has 0 N–H and O–H groups in total. The van der Waals surface area contributed by atoms with E-state index in [0.29, 0.717) is 41.8 Å². The first-order valence-electron chi connectivity index (χ1n) is 9.67. The molecule has 28 heavy (non-hydrogen) atoms. The SMILES string of the molecule is Cc1oc(-n2cccc2)c(C#N)c1C(=O)N1CCC(Cc2ccccc2)CC1. The van der Waals surface area contributed by atoms with Gasteiger partial charge in [-0.25, -0.2) is 0 Å². The molecule has 1 aliphatic rings. The Kier molecular flexibility index (Phi) is 5.03. The molecule has 1 aromatic carbocycles. The molecular weight excluding hydrogens is 350 g/mol. The Morgan fingerprint density at radius 1 is 1.14 bits per heavy atom. The summed E-state index contributed by atoms with van der Waals surface area (Å²) >= 11 is 0. The fraction of sp³-hybridized carbons (Fsp3) is 0.304. The van der Waals surface area contributed by atoms with E-state index in [0.717, 1.165) is 19.3 Å². The summed E-state index contributed by atoms with van der Waals surface area (Å²) in [6.07, 6.45) is 6.62. The second kappa shape index (κ2) is 7.77. The molecule has 5 nitrogen and oxygen atoms in total. The van der Waals surface area contributed by atoms with E-state index >= 15 is 0 Å². The molecule has 1 fully saturated rings. The molecule has 0 unspecified atom stereocenters. The van der Waals surface area contributed by atoms with Crippen LogP contribution >= 0.6 is 0 Å². The van der Waals surface area contributed by atoms with Gasteiger partial charge in [0, 0.05) is 25.5 Å². The number of carbonyl (C=O) groups excluding carboxylic acids is 1. The van der Waals surface area contributed by atoms with E-state index in [-0.39, 0.29) is 5.91 Å². The van der Waals surface area contributed by atoms with Crippen LogP contribution in [0.15, 0.2) is 59.3 Å². The number of carbonyl (C=O) groups is 1. The van der Waals surface area contributed by atoms with Crippen LogP contribution in [-0.4, -0.2) is 28.5 Å². The topological polar surface area (TPSA) is 62.2 Å². The Bertz CT molecular complexity index is 989. The predicted octanol–water partition coefficient (Wildman–Crippen LogP) is 4.35. The lowest BCUT2D eigenvalue weighted by Crippen LogP contribution is -2.39. The zero-order chi connectivity index (χ0) is 19.5. The number of piperidine rings is 1. The van der Waals surface area contributed by atoms with Gasteiger partial charge in [-0.15, -0.1) is 0 Å². The van der Waals surface area contributed by atoms with Crippen LogP contribution in [0.4, 0.5) is 0 Å². The maximum absolute atomic E-state index is 13.2. The smallest absolute Gasteiger partial charge is 0.258 e. The highest BCUT2D eigenvalue weighted by atomic mass is 16.4. The molecule has 0 saturated carbocycles. The minimum Gasteiger partial charge on any atom is -0.443 e. The van der Waals surface area contributed by atoms with Crippen molar-refractivity contribution in [3.63, 3.8) is 0 Å². The summed E-state index contributed by atoms with van der Waals surface area (Å²) in [5.41, 5.74) is 2.05. The van der Waals surface area contributed by atoms with E-state index in [2.05, 4.69) is 30.3 Å². The highest BCUT2D eigenvalue weighted by Crippen LogP contribution is 2.29. The second-order valence-electron chi connectivity index (χ2n) is 7.34. The average Bonchev–Trinajstić information content (AvgIpc) is 3.36. The van der Waals surface area contributed by atoms with Crippen LogP contribution in [0.2, 0.25) is 0 Å². The minimum absolute atomic E-state index is 0.102. The van der Waals surface area contributed by atoms with Crippen molar-refractivity contribution in [2.75, 3.05) is 13.1 Å². The molecule has 3 aromatic rings. The van der Waals surface area contributed by atoms with Gasteiger partial charge in [-0.1, -0.05) is 30.3 Å². The van der Waals surface area contributed by atoms with Crippen molar-refractivity contribution in [2.45, 2.75) is 26.2 Å². The number of aromatic nitrogens is 1. The molecule has 5 heteroatoms. The van der Waals surface area contributed by atoms with Crippen LogP contribution in [0.3, 0.4) is 0 Å². The summed E-state index contributed by atoms with van der Waals surface area (Å²) in [5.74, 6) is 1.39. The summed E-state index contributed by atoms with van der Waals surface area (Å²) in [6.45, 7) is 3.18. The van der Waals surface area contributed by atoms with Crippen LogP contribution in [0.25, 0.3) is 5.88 Å². The largest absolute Gasteiger partial charge is 0.443 e. The Morgan fingerprint density at radius 2 is 1.82 bits per heavy atom. The van der Waals surface area contributed by atoms with Crippen molar-refractivity contribution in [3.8, 4) is 12.0 Å². The molecule has 0 spiro atoms. The second-order valence-corrected chi connectivity index (χ2v) is 7.34. The number of nitrogens with zero attached hydrogens (tertiary/aromatic N) is 3. The number of aryl methyl sites for hydroxylation is 1. The molecule has 2 aromatic heterocycles. The van der Waals surface area contributed by atoms with Gasteiger partial charge < -0.3 is 9.32 Å². The van der Waals surface area contributed by atoms with Crippen molar-refractivity contribution in [3.05, 3.63) is 77.3 Å². The molecule has 4 rings (SSSR count). The average molecular weight is 373 g/mol. The quantitative estimate of drug-likeness (QED) is 0.683. The molecule has 0 bridgehead atoms. The van der Waals surface area contributed by atoms with E-state index < -0.39 is 0 Å². The third-order valence-electron chi connectivity index (χ3n) is 5.50. The minimum atomic E-state index is -0.102. The summed E-state index contributed by atoms with van der Waals surface area (Å²) in [6, 6.07) is 16.4. The van der Waals surface area contributed by atoms with Crippen LogP contribution in [0, 0.1) is 24.2 Å². The molecule has 0 radical (unpaired) electrons. The van der Waals surface area contributed by atoms with Crippen molar-refractivity contribution in [1.29, 1.82) is 5.26 Å². The fourth-order valence-electron chi connectivity index (χ4n) is 3.99. The lowest BCUT2D eigenvalue weighted by molar-refractivity contribution is 0.0688. The molecule has 142 valence electrons. The molecule has 3 heterocycles. The van der Waals surface area contributed by atoms with Gasteiger partial charge >= 0.3 is 0 Å². The van der Waals surface area contributed by atoms with Gasteiger partial charge in [-0.2, -0.15) is 5.26 Å². The highest BCUT2D eigenvalue weighted by molar-refractivity contribution is 5.98. The molecule has 1 amide bonds. The van der Waals surface area contributed by atoms with Crippen molar-refractivity contribution in [2.24, 2.45) is 5.92 Å². The first-order valence-corrected chi connectivity index (χ1v) is 9.67. The van der Waals surface area contributed by atoms with Crippen LogP contribution in [0.1, 0.15) is 40.1 Å². The van der Waals surface area contributed by atoms with Crippen molar-refractivity contribution >= 4 is 5.91 Å². The van der Waals surface area contributed by atoms with Gasteiger partial charge in [-0.3, -0.25) is 9.36 Å². The van der Waals surface area contributed by atoms with E-state index in [1.807, 2.05) is 35.5 Å². The third-order valence-corrected chi connectivity index (χ3v) is 5.50. The predicted molar refractivity (Wildman–Crippen MR) is 106 cm³/mol. The number of furan rings is 1. The number of nitriles is 1. The van der Waals surface area contributed by atoms with Gasteiger partial charge in [0.25, 0.3) is 5.91 Å². The summed E-state index contributed by atoms with van der Waals surface area (Å²) < 4.78 is 7.52. The van der Waals surface area contributed by atoms with Gasteiger partial charge in [0.2, 0.25) is 5.88 Å². The van der Waals surface area contributed by atoms with E-state index in [1.165, 1.54) is 5.56 Å². The standard InChI is InChI=1S/C23H23N3O2/c1-17-21(20(16-24)23(28-17)26-11-5-6-12-26)22(27)25-13-9-19(10-14-25)15-18-7-3-2-4-8-18/h2-8,11-12,19H,9-10,13-15H2,1H3. The first kappa shape index (κ1) is 18.1. The monoisotopic (exact) mass is 373 g/mol. The molecule has 1 aliphatic heterocycles. The molecule has 1 saturated heterocycles. The Morgan fingerprint density at radius 3 is 2.46 bits per heavy atom. The van der Waals surface area contributed by atoms with Crippen LogP contribution in [0.5, 0.6) is 0 Å². The fourth-order valence-corrected chi connectivity index (χ4v) is 3.99. The van der Waals surface area contributed by atoms with Gasteiger partial charge in [0.05, 0.1) is 0 Å². The zero-order valence-electron chi connectivity index (χ0n) is 16.0. The molecule has 0 aliphatic carbocycles. The maximum Gasteiger partial charge on any atom is 0.258 e. The first-order chi connectivity index (χ1) is 13.7. The summed E-state index contributed by atoms with van der Waals surface area (Å²) in [5, 5.41) is 9.67. The number of rotatable bonds is 4. The Hall–Kier alpha value is -3.26. The lowest BCUT2D eigenvalue weighted by atomic mass is 9.90. The third kappa shape index (κ3) is 3.46. The number of benzene rings is 1. The van der Waals surface area contributed by atoms with Crippen LogP contribution < -0.4 is 0 Å². The van der Waals surface area contributed by atoms with Gasteiger partial charge in [-0.05, 0) is 49.8 Å². The number of hydrogen-bond acceptors (Lipinski definition) is 3. The maximum atomic E-state index is 13.2. The van der Waals surface area contributed by atoms with Gasteiger partial charge in [0.1, 0.15) is 23.0 Å². The number of hydrogen-bond donors (Lipinski definition) is 0. The summed E-state index contributed by atoms with van der Waals surface area (Å²) in [7, 11) is 0.